The second-order valence-corrected chi connectivity index (χ2v) is 8.00. The molecule has 3 aromatic rings. The lowest BCUT2D eigenvalue weighted by Gasteiger charge is -2.34. The maximum absolute atomic E-state index is 12.6. The molecule has 1 aliphatic rings. The number of nitrogens with zero attached hydrogens (tertiary/aromatic N) is 4. The van der Waals surface area contributed by atoms with Gasteiger partial charge in [0.1, 0.15) is 10.8 Å². The lowest BCUT2D eigenvalue weighted by atomic mass is 10.1. The van der Waals surface area contributed by atoms with Gasteiger partial charge in [-0.3, -0.25) is 9.69 Å². The number of carbonyl (C=O) groups is 1. The van der Waals surface area contributed by atoms with Crippen LogP contribution < -0.4 is 0 Å². The summed E-state index contributed by atoms with van der Waals surface area (Å²) in [5.41, 5.74) is 3.98. The molecule has 6 nitrogen and oxygen atoms in total. The van der Waals surface area contributed by atoms with E-state index in [-0.39, 0.29) is 5.91 Å². The summed E-state index contributed by atoms with van der Waals surface area (Å²) in [6.45, 7) is 7.80. The number of hydrogen-bond donors (Lipinski definition) is 0. The van der Waals surface area contributed by atoms with Gasteiger partial charge in [0.2, 0.25) is 5.91 Å². The average Bonchev–Trinajstić information content (AvgIpc) is 3.31. The highest BCUT2D eigenvalue weighted by Gasteiger charge is 2.23. The number of hydrogen-bond acceptors (Lipinski definition) is 6. The normalized spacial score (nSPS) is 15.1. The zero-order valence-corrected chi connectivity index (χ0v) is 17.0. The van der Waals surface area contributed by atoms with Gasteiger partial charge in [-0.05, 0) is 13.8 Å². The molecule has 2 aromatic heterocycles. The predicted molar refractivity (Wildman–Crippen MR) is 109 cm³/mol. The fourth-order valence-electron chi connectivity index (χ4n) is 3.49. The Balaban J connectivity index is 1.30. The molecule has 0 radical (unpaired) electrons. The molecule has 146 valence electrons. The molecule has 0 saturated carbocycles. The van der Waals surface area contributed by atoms with Gasteiger partial charge in [-0.2, -0.15) is 0 Å². The first kappa shape index (κ1) is 18.8. The van der Waals surface area contributed by atoms with Crippen LogP contribution in [0.3, 0.4) is 0 Å². The van der Waals surface area contributed by atoms with Crippen molar-refractivity contribution in [2.24, 2.45) is 0 Å². The fourth-order valence-corrected chi connectivity index (χ4v) is 4.31. The van der Waals surface area contributed by atoms with Crippen LogP contribution in [0.5, 0.6) is 0 Å². The molecular weight excluding hydrogens is 372 g/mol. The Morgan fingerprint density at radius 2 is 1.89 bits per heavy atom. The summed E-state index contributed by atoms with van der Waals surface area (Å²) in [5.74, 6) is 0.885. The molecule has 0 unspecified atom stereocenters. The van der Waals surface area contributed by atoms with E-state index in [2.05, 4.69) is 27.6 Å². The van der Waals surface area contributed by atoms with Crippen molar-refractivity contribution in [2.45, 2.75) is 26.8 Å². The lowest BCUT2D eigenvalue weighted by Crippen LogP contribution is -2.48. The van der Waals surface area contributed by atoms with Crippen LogP contribution in [0.25, 0.3) is 10.6 Å². The highest BCUT2D eigenvalue weighted by molar-refractivity contribution is 7.13. The third kappa shape index (κ3) is 4.15. The first-order chi connectivity index (χ1) is 13.6. The standard InChI is InChI=1S/C21H24N4O2S/c1-15-19(16(2)27-23-15)12-20(26)25-10-8-24(9-11-25)13-18-14-28-21(22-18)17-6-4-3-5-7-17/h3-7,14H,8-13H2,1-2H3. The minimum atomic E-state index is 0.147. The summed E-state index contributed by atoms with van der Waals surface area (Å²) in [7, 11) is 0. The zero-order valence-electron chi connectivity index (χ0n) is 16.2. The molecular formula is C21H24N4O2S. The molecule has 0 aliphatic carbocycles. The Labute approximate surface area is 168 Å². The van der Waals surface area contributed by atoms with Gasteiger partial charge in [0.05, 0.1) is 17.8 Å². The smallest absolute Gasteiger partial charge is 0.227 e. The van der Waals surface area contributed by atoms with Crippen molar-refractivity contribution in [1.29, 1.82) is 0 Å². The molecule has 28 heavy (non-hydrogen) atoms. The second-order valence-electron chi connectivity index (χ2n) is 7.15. The van der Waals surface area contributed by atoms with Crippen LogP contribution >= 0.6 is 11.3 Å². The topological polar surface area (TPSA) is 62.5 Å². The van der Waals surface area contributed by atoms with Gasteiger partial charge in [-0.1, -0.05) is 35.5 Å². The molecule has 1 aliphatic heterocycles. The van der Waals surface area contributed by atoms with Crippen molar-refractivity contribution in [3.63, 3.8) is 0 Å². The minimum absolute atomic E-state index is 0.147. The van der Waals surface area contributed by atoms with E-state index in [9.17, 15) is 4.79 Å². The van der Waals surface area contributed by atoms with Gasteiger partial charge < -0.3 is 9.42 Å². The van der Waals surface area contributed by atoms with Crippen molar-refractivity contribution >= 4 is 17.2 Å². The number of thiazole rings is 1. The average molecular weight is 397 g/mol. The first-order valence-electron chi connectivity index (χ1n) is 9.52. The van der Waals surface area contributed by atoms with Crippen LogP contribution in [0, 0.1) is 13.8 Å². The van der Waals surface area contributed by atoms with Crippen LogP contribution in [0.15, 0.2) is 40.2 Å². The predicted octanol–water partition coefficient (Wildman–Crippen LogP) is 3.30. The maximum Gasteiger partial charge on any atom is 0.227 e. The summed E-state index contributed by atoms with van der Waals surface area (Å²) in [5, 5.41) is 7.13. The molecule has 0 spiro atoms. The molecule has 4 rings (SSSR count). The quantitative estimate of drug-likeness (QED) is 0.662. The number of carbonyl (C=O) groups excluding carboxylic acids is 1. The molecule has 0 bridgehead atoms. The molecule has 1 fully saturated rings. The van der Waals surface area contributed by atoms with Crippen molar-refractivity contribution in [2.75, 3.05) is 26.2 Å². The van der Waals surface area contributed by atoms with Crippen LogP contribution in [0.4, 0.5) is 0 Å². The summed E-state index contributed by atoms with van der Waals surface area (Å²) >= 11 is 1.68. The number of rotatable bonds is 5. The largest absolute Gasteiger partial charge is 0.361 e. The number of amides is 1. The summed E-state index contributed by atoms with van der Waals surface area (Å²) in [6.07, 6.45) is 0.369. The third-order valence-electron chi connectivity index (χ3n) is 5.19. The van der Waals surface area contributed by atoms with Gasteiger partial charge in [-0.15, -0.1) is 11.3 Å². The molecule has 0 N–H and O–H groups in total. The Morgan fingerprint density at radius 1 is 1.14 bits per heavy atom. The van der Waals surface area contributed by atoms with Crippen LogP contribution in [-0.2, 0) is 17.8 Å². The number of piperazine rings is 1. The number of benzene rings is 1. The molecule has 7 heteroatoms. The first-order valence-corrected chi connectivity index (χ1v) is 10.4. The van der Waals surface area contributed by atoms with Crippen LogP contribution in [0.1, 0.15) is 22.7 Å². The molecule has 3 heterocycles. The summed E-state index contributed by atoms with van der Waals surface area (Å²) in [6, 6.07) is 10.3. The SMILES string of the molecule is Cc1noc(C)c1CC(=O)N1CCN(Cc2csc(-c3ccccc3)n2)CC1. The highest BCUT2D eigenvalue weighted by Crippen LogP contribution is 2.24. The van der Waals surface area contributed by atoms with E-state index in [1.807, 2.05) is 36.9 Å². The van der Waals surface area contributed by atoms with Crippen molar-refractivity contribution < 1.29 is 9.32 Å². The van der Waals surface area contributed by atoms with E-state index < -0.39 is 0 Å². The van der Waals surface area contributed by atoms with Crippen molar-refractivity contribution in [3.05, 3.63) is 58.4 Å². The van der Waals surface area contributed by atoms with Crippen LogP contribution in [0.2, 0.25) is 0 Å². The maximum atomic E-state index is 12.6. The third-order valence-corrected chi connectivity index (χ3v) is 6.13. The van der Waals surface area contributed by atoms with E-state index in [1.54, 1.807) is 11.3 Å². The van der Waals surface area contributed by atoms with E-state index >= 15 is 0 Å². The fraction of sp³-hybridized carbons (Fsp3) is 0.381. The number of aromatic nitrogens is 2. The van der Waals surface area contributed by atoms with E-state index in [0.29, 0.717) is 6.42 Å². The lowest BCUT2D eigenvalue weighted by molar-refractivity contribution is -0.132. The van der Waals surface area contributed by atoms with Crippen molar-refractivity contribution in [3.8, 4) is 10.6 Å². The Hall–Kier alpha value is -2.51. The minimum Gasteiger partial charge on any atom is -0.361 e. The zero-order chi connectivity index (χ0) is 19.5. The van der Waals surface area contributed by atoms with E-state index in [4.69, 9.17) is 9.51 Å². The van der Waals surface area contributed by atoms with Crippen molar-refractivity contribution in [1.82, 2.24) is 19.9 Å². The highest BCUT2D eigenvalue weighted by atomic mass is 32.1. The van der Waals surface area contributed by atoms with Gasteiger partial charge >= 0.3 is 0 Å². The van der Waals surface area contributed by atoms with E-state index in [1.165, 1.54) is 0 Å². The number of aryl methyl sites for hydroxylation is 2. The molecule has 1 aromatic carbocycles. The van der Waals surface area contributed by atoms with Gasteiger partial charge in [0.15, 0.2) is 0 Å². The second kappa shape index (κ2) is 8.24. The van der Waals surface area contributed by atoms with Gasteiger partial charge in [0, 0.05) is 49.2 Å². The van der Waals surface area contributed by atoms with E-state index in [0.717, 1.165) is 66.0 Å². The van der Waals surface area contributed by atoms with Gasteiger partial charge in [0.25, 0.3) is 0 Å². The Kier molecular flexibility index (Phi) is 5.54. The molecule has 0 atom stereocenters. The Morgan fingerprint density at radius 3 is 2.57 bits per heavy atom. The van der Waals surface area contributed by atoms with Crippen LogP contribution in [-0.4, -0.2) is 52.0 Å². The van der Waals surface area contributed by atoms with Gasteiger partial charge in [-0.25, -0.2) is 4.98 Å². The monoisotopic (exact) mass is 396 g/mol. The Bertz CT molecular complexity index is 923. The summed E-state index contributed by atoms with van der Waals surface area (Å²) in [4.78, 5) is 21.7. The molecule has 1 saturated heterocycles. The molecule has 1 amide bonds. The summed E-state index contributed by atoms with van der Waals surface area (Å²) < 4.78 is 5.17.